The highest BCUT2D eigenvalue weighted by Crippen LogP contribution is 2.36. The summed E-state index contributed by atoms with van der Waals surface area (Å²) in [5.41, 5.74) is 0.788. The van der Waals surface area contributed by atoms with E-state index in [0.29, 0.717) is 5.56 Å². The Kier molecular flexibility index (Phi) is 4.34. The van der Waals surface area contributed by atoms with E-state index in [1.807, 2.05) is 0 Å². The standard InChI is InChI=1S/C12H16O5/c1-4-17-12(15)10(14)8-6-5-7(2)11(16-3)9(8)13/h5-6,10,13-14H,4H2,1-3H3. The van der Waals surface area contributed by atoms with Crippen LogP contribution in [-0.2, 0) is 9.53 Å². The summed E-state index contributed by atoms with van der Waals surface area (Å²) in [6.07, 6.45) is -1.51. The maximum absolute atomic E-state index is 11.4. The van der Waals surface area contributed by atoms with Crippen molar-refractivity contribution in [3.05, 3.63) is 23.3 Å². The molecule has 94 valence electrons. The van der Waals surface area contributed by atoms with Gasteiger partial charge in [0.05, 0.1) is 13.7 Å². The number of hydrogen-bond acceptors (Lipinski definition) is 5. The highest BCUT2D eigenvalue weighted by Gasteiger charge is 2.24. The van der Waals surface area contributed by atoms with Crippen LogP contribution in [0.25, 0.3) is 0 Å². The van der Waals surface area contributed by atoms with E-state index >= 15 is 0 Å². The van der Waals surface area contributed by atoms with Gasteiger partial charge < -0.3 is 19.7 Å². The van der Waals surface area contributed by atoms with E-state index in [1.165, 1.54) is 13.2 Å². The number of aliphatic hydroxyl groups excluding tert-OH is 1. The second kappa shape index (κ2) is 5.54. The number of carbonyl (C=O) groups is 1. The normalized spacial score (nSPS) is 12.0. The largest absolute Gasteiger partial charge is 0.504 e. The summed E-state index contributed by atoms with van der Waals surface area (Å²) in [5, 5.41) is 19.6. The summed E-state index contributed by atoms with van der Waals surface area (Å²) in [6, 6.07) is 3.12. The van der Waals surface area contributed by atoms with E-state index < -0.39 is 12.1 Å². The SMILES string of the molecule is CCOC(=O)C(O)c1ccc(C)c(OC)c1O. The van der Waals surface area contributed by atoms with Gasteiger partial charge in [-0.05, 0) is 19.4 Å². The Morgan fingerprint density at radius 1 is 1.47 bits per heavy atom. The van der Waals surface area contributed by atoms with E-state index in [2.05, 4.69) is 4.74 Å². The van der Waals surface area contributed by atoms with E-state index in [-0.39, 0.29) is 23.7 Å². The summed E-state index contributed by atoms with van der Waals surface area (Å²) in [5.74, 6) is -0.799. The Balaban J connectivity index is 3.10. The van der Waals surface area contributed by atoms with Crippen molar-refractivity contribution in [2.24, 2.45) is 0 Å². The lowest BCUT2D eigenvalue weighted by atomic mass is 10.0. The lowest BCUT2D eigenvalue weighted by Crippen LogP contribution is -2.15. The first kappa shape index (κ1) is 13.3. The molecule has 0 saturated carbocycles. The molecule has 0 radical (unpaired) electrons. The van der Waals surface area contributed by atoms with E-state index in [4.69, 9.17) is 4.74 Å². The minimum absolute atomic E-state index is 0.0749. The summed E-state index contributed by atoms with van der Waals surface area (Å²) >= 11 is 0. The molecule has 0 aliphatic carbocycles. The van der Waals surface area contributed by atoms with Gasteiger partial charge in [0.15, 0.2) is 17.6 Å². The minimum Gasteiger partial charge on any atom is -0.504 e. The van der Waals surface area contributed by atoms with Gasteiger partial charge in [0.25, 0.3) is 0 Å². The molecule has 1 aromatic carbocycles. The van der Waals surface area contributed by atoms with Crippen molar-refractivity contribution >= 4 is 5.97 Å². The fourth-order valence-corrected chi connectivity index (χ4v) is 1.51. The molecule has 0 saturated heterocycles. The topological polar surface area (TPSA) is 76.0 Å². The third-order valence-electron chi connectivity index (χ3n) is 2.37. The zero-order valence-corrected chi connectivity index (χ0v) is 10.1. The van der Waals surface area contributed by atoms with Crippen molar-refractivity contribution in [3.63, 3.8) is 0 Å². The van der Waals surface area contributed by atoms with Crippen molar-refractivity contribution < 1.29 is 24.5 Å². The van der Waals surface area contributed by atoms with Crippen LogP contribution in [0.5, 0.6) is 11.5 Å². The number of carbonyl (C=O) groups excluding carboxylic acids is 1. The van der Waals surface area contributed by atoms with Crippen LogP contribution in [0.1, 0.15) is 24.2 Å². The molecule has 17 heavy (non-hydrogen) atoms. The number of aromatic hydroxyl groups is 1. The van der Waals surface area contributed by atoms with Gasteiger partial charge in [-0.25, -0.2) is 4.79 Å². The molecule has 5 nitrogen and oxygen atoms in total. The van der Waals surface area contributed by atoms with Crippen molar-refractivity contribution in [2.75, 3.05) is 13.7 Å². The van der Waals surface area contributed by atoms with Gasteiger partial charge in [0.2, 0.25) is 0 Å². The molecule has 1 aromatic rings. The predicted octanol–water partition coefficient (Wildman–Crippen LogP) is 1.31. The average Bonchev–Trinajstić information content (AvgIpc) is 2.29. The number of aryl methyl sites for hydroxylation is 1. The van der Waals surface area contributed by atoms with Crippen LogP contribution in [0.3, 0.4) is 0 Å². The van der Waals surface area contributed by atoms with E-state index in [0.717, 1.165) is 0 Å². The number of esters is 1. The smallest absolute Gasteiger partial charge is 0.339 e. The number of aliphatic hydroxyl groups is 1. The first-order valence-electron chi connectivity index (χ1n) is 5.24. The number of phenols is 1. The van der Waals surface area contributed by atoms with Crippen LogP contribution in [0.2, 0.25) is 0 Å². The molecule has 0 aromatic heterocycles. The Morgan fingerprint density at radius 3 is 2.65 bits per heavy atom. The van der Waals surface area contributed by atoms with Crippen LogP contribution in [0, 0.1) is 6.92 Å². The van der Waals surface area contributed by atoms with E-state index in [1.54, 1.807) is 19.9 Å². The monoisotopic (exact) mass is 240 g/mol. The molecular weight excluding hydrogens is 224 g/mol. The van der Waals surface area contributed by atoms with Crippen LogP contribution in [0.15, 0.2) is 12.1 Å². The summed E-state index contributed by atoms with van der Waals surface area (Å²) in [7, 11) is 1.41. The number of rotatable bonds is 4. The molecule has 2 N–H and O–H groups in total. The molecule has 0 aliphatic rings. The molecule has 1 rings (SSSR count). The molecule has 0 fully saturated rings. The fourth-order valence-electron chi connectivity index (χ4n) is 1.51. The van der Waals surface area contributed by atoms with Gasteiger partial charge in [-0.3, -0.25) is 0 Å². The van der Waals surface area contributed by atoms with Crippen LogP contribution in [-0.4, -0.2) is 29.9 Å². The Labute approximate surface area is 99.6 Å². The van der Waals surface area contributed by atoms with E-state index in [9.17, 15) is 15.0 Å². The van der Waals surface area contributed by atoms with Gasteiger partial charge >= 0.3 is 5.97 Å². The minimum atomic E-state index is -1.51. The fraction of sp³-hybridized carbons (Fsp3) is 0.417. The Hall–Kier alpha value is -1.75. The van der Waals surface area contributed by atoms with Gasteiger partial charge in [0, 0.05) is 5.56 Å². The lowest BCUT2D eigenvalue weighted by Gasteiger charge is -2.15. The van der Waals surface area contributed by atoms with Gasteiger partial charge in [-0.15, -0.1) is 0 Å². The molecule has 1 atom stereocenters. The highest BCUT2D eigenvalue weighted by atomic mass is 16.5. The van der Waals surface area contributed by atoms with Crippen molar-refractivity contribution in [2.45, 2.75) is 20.0 Å². The van der Waals surface area contributed by atoms with Gasteiger partial charge in [-0.2, -0.15) is 0 Å². The van der Waals surface area contributed by atoms with Crippen LogP contribution >= 0.6 is 0 Å². The average molecular weight is 240 g/mol. The van der Waals surface area contributed by atoms with Gasteiger partial charge in [-0.1, -0.05) is 12.1 Å². The summed E-state index contributed by atoms with van der Waals surface area (Å²) in [4.78, 5) is 11.4. The Bertz CT molecular complexity index is 414. The maximum atomic E-state index is 11.4. The number of methoxy groups -OCH3 is 1. The number of hydrogen-bond donors (Lipinski definition) is 2. The summed E-state index contributed by atoms with van der Waals surface area (Å²) in [6.45, 7) is 3.55. The quantitative estimate of drug-likeness (QED) is 0.776. The first-order chi connectivity index (χ1) is 8.02. The molecular formula is C12H16O5. The third kappa shape index (κ3) is 2.68. The summed E-state index contributed by atoms with van der Waals surface area (Å²) < 4.78 is 9.67. The van der Waals surface area contributed by atoms with Crippen molar-refractivity contribution in [3.8, 4) is 11.5 Å². The molecule has 0 spiro atoms. The predicted molar refractivity (Wildman–Crippen MR) is 61.0 cm³/mol. The van der Waals surface area contributed by atoms with Crippen molar-refractivity contribution in [1.82, 2.24) is 0 Å². The van der Waals surface area contributed by atoms with Crippen LogP contribution < -0.4 is 4.74 Å². The Morgan fingerprint density at radius 2 is 2.12 bits per heavy atom. The molecule has 0 amide bonds. The van der Waals surface area contributed by atoms with Crippen molar-refractivity contribution in [1.29, 1.82) is 0 Å². The van der Waals surface area contributed by atoms with Crippen LogP contribution in [0.4, 0.5) is 0 Å². The molecule has 0 bridgehead atoms. The number of ether oxygens (including phenoxy) is 2. The highest BCUT2D eigenvalue weighted by molar-refractivity contribution is 5.78. The molecule has 1 unspecified atom stereocenters. The lowest BCUT2D eigenvalue weighted by molar-refractivity contribution is -0.153. The number of phenolic OH excluding ortho intramolecular Hbond substituents is 1. The second-order valence-corrected chi connectivity index (χ2v) is 3.51. The molecule has 5 heteroatoms. The number of benzene rings is 1. The maximum Gasteiger partial charge on any atom is 0.339 e. The molecule has 0 aliphatic heterocycles. The zero-order chi connectivity index (χ0) is 13.0. The second-order valence-electron chi connectivity index (χ2n) is 3.51. The third-order valence-corrected chi connectivity index (χ3v) is 2.37. The zero-order valence-electron chi connectivity index (χ0n) is 10.1. The van der Waals surface area contributed by atoms with Gasteiger partial charge in [0.1, 0.15) is 0 Å². The molecule has 0 heterocycles. The first-order valence-corrected chi connectivity index (χ1v) is 5.24.